The molecule has 2 amide bonds. The molecule has 156 valence electrons. The highest BCUT2D eigenvalue weighted by molar-refractivity contribution is 5.81. The van der Waals surface area contributed by atoms with Crippen LogP contribution < -0.4 is 5.32 Å². The van der Waals surface area contributed by atoms with Crippen LogP contribution in [0.4, 0.5) is 9.59 Å². The predicted octanol–water partition coefficient (Wildman–Crippen LogP) is 2.45. The van der Waals surface area contributed by atoms with Gasteiger partial charge >= 0.3 is 18.2 Å². The summed E-state index contributed by atoms with van der Waals surface area (Å²) in [5, 5.41) is 2.49. The number of nitrogens with one attached hydrogen (secondary N) is 1. The number of hydrogen-bond acceptors (Lipinski definition) is 6. The molecule has 1 N–H and O–H groups in total. The van der Waals surface area contributed by atoms with E-state index >= 15 is 0 Å². The fourth-order valence-corrected chi connectivity index (χ4v) is 3.92. The number of nitrogens with zero attached hydrogens (tertiary/aromatic N) is 1. The van der Waals surface area contributed by atoms with Gasteiger partial charge in [-0.3, -0.25) is 4.90 Å². The second-order valence-electron chi connectivity index (χ2n) is 8.30. The average Bonchev–Trinajstić information content (AvgIpc) is 2.98. The summed E-state index contributed by atoms with van der Waals surface area (Å²) >= 11 is 0. The first-order valence-corrected chi connectivity index (χ1v) is 9.59. The van der Waals surface area contributed by atoms with E-state index in [0.29, 0.717) is 12.8 Å². The fraction of sp³-hybridized carbons (Fsp3) is 0.750. The van der Waals surface area contributed by atoms with E-state index in [0.717, 1.165) is 12.8 Å². The van der Waals surface area contributed by atoms with Crippen molar-refractivity contribution in [3.8, 4) is 12.3 Å². The quantitative estimate of drug-likeness (QED) is 0.449. The van der Waals surface area contributed by atoms with Crippen molar-refractivity contribution in [3.05, 3.63) is 0 Å². The number of hydrogen-bond donors (Lipinski definition) is 1. The summed E-state index contributed by atoms with van der Waals surface area (Å²) < 4.78 is 15.7. The average molecular weight is 394 g/mol. The first kappa shape index (κ1) is 21.9. The monoisotopic (exact) mass is 394 g/mol. The lowest BCUT2D eigenvalue weighted by Gasteiger charge is -2.36. The Kier molecular flexibility index (Phi) is 6.81. The molecular weight excluding hydrogens is 364 g/mol. The maximum atomic E-state index is 12.5. The van der Waals surface area contributed by atoms with Crippen LogP contribution in [-0.4, -0.2) is 60.0 Å². The molecule has 1 saturated heterocycles. The van der Waals surface area contributed by atoms with Crippen molar-refractivity contribution in [3.63, 3.8) is 0 Å². The molecule has 8 heteroatoms. The Balaban J connectivity index is 2.00. The number of rotatable bonds is 3. The molecule has 2 aliphatic rings. The van der Waals surface area contributed by atoms with Gasteiger partial charge in [0.25, 0.3) is 0 Å². The highest BCUT2D eigenvalue weighted by Gasteiger charge is 2.49. The molecule has 1 aliphatic carbocycles. The van der Waals surface area contributed by atoms with Crippen LogP contribution in [0.25, 0.3) is 0 Å². The zero-order valence-electron chi connectivity index (χ0n) is 17.2. The normalized spacial score (nSPS) is 27.8. The predicted molar refractivity (Wildman–Crippen MR) is 101 cm³/mol. The van der Waals surface area contributed by atoms with E-state index in [1.54, 1.807) is 32.6 Å². The second-order valence-corrected chi connectivity index (χ2v) is 8.30. The lowest BCUT2D eigenvalue weighted by Crippen LogP contribution is -2.48. The fourth-order valence-electron chi connectivity index (χ4n) is 3.92. The van der Waals surface area contributed by atoms with Crippen molar-refractivity contribution in [1.29, 1.82) is 0 Å². The number of alkyl carbamates (subject to hydrolysis) is 1. The molecule has 5 atom stereocenters. The van der Waals surface area contributed by atoms with E-state index in [4.69, 9.17) is 20.6 Å². The molecule has 1 aliphatic heterocycles. The number of esters is 1. The third kappa shape index (κ3) is 5.09. The van der Waals surface area contributed by atoms with Gasteiger partial charge in [-0.25, -0.2) is 14.4 Å². The van der Waals surface area contributed by atoms with Crippen LogP contribution in [0, 0.1) is 18.3 Å². The molecule has 2 fully saturated rings. The molecule has 0 radical (unpaired) electrons. The summed E-state index contributed by atoms with van der Waals surface area (Å²) in [4.78, 5) is 38.1. The van der Waals surface area contributed by atoms with Gasteiger partial charge in [0.15, 0.2) is 0 Å². The van der Waals surface area contributed by atoms with Crippen LogP contribution in [0.3, 0.4) is 0 Å². The van der Waals surface area contributed by atoms with E-state index in [-0.39, 0.29) is 24.1 Å². The summed E-state index contributed by atoms with van der Waals surface area (Å²) in [6.45, 7) is 6.78. The van der Waals surface area contributed by atoms with E-state index in [2.05, 4.69) is 11.2 Å². The smallest absolute Gasteiger partial charge is 0.410 e. The minimum absolute atomic E-state index is 0.0495. The Morgan fingerprint density at radius 1 is 1.25 bits per heavy atom. The lowest BCUT2D eigenvalue weighted by atomic mass is 9.82. The maximum absolute atomic E-state index is 12.5. The van der Waals surface area contributed by atoms with Gasteiger partial charge in [0.05, 0.1) is 13.2 Å². The van der Waals surface area contributed by atoms with Gasteiger partial charge in [-0.1, -0.05) is 5.92 Å². The summed E-state index contributed by atoms with van der Waals surface area (Å²) in [7, 11) is 1.33. The first-order valence-electron chi connectivity index (χ1n) is 9.59. The molecule has 2 rings (SSSR count). The third-order valence-corrected chi connectivity index (χ3v) is 5.08. The summed E-state index contributed by atoms with van der Waals surface area (Å²) in [6, 6.07) is -1.34. The number of likely N-dealkylation sites (tertiary alicyclic amines) is 1. The Morgan fingerprint density at radius 2 is 1.93 bits per heavy atom. The van der Waals surface area contributed by atoms with Crippen LogP contribution in [0.5, 0.6) is 0 Å². The van der Waals surface area contributed by atoms with Gasteiger partial charge in [-0.2, -0.15) is 0 Å². The highest BCUT2D eigenvalue weighted by atomic mass is 16.6. The Hall–Kier alpha value is -2.43. The Morgan fingerprint density at radius 3 is 2.50 bits per heavy atom. The lowest BCUT2D eigenvalue weighted by molar-refractivity contribution is -0.156. The van der Waals surface area contributed by atoms with Crippen molar-refractivity contribution in [2.75, 3.05) is 7.11 Å². The number of carbonyl (C=O) groups is 3. The molecule has 28 heavy (non-hydrogen) atoms. The van der Waals surface area contributed by atoms with Gasteiger partial charge in [0, 0.05) is 12.0 Å². The van der Waals surface area contributed by atoms with Gasteiger partial charge < -0.3 is 19.5 Å². The summed E-state index contributed by atoms with van der Waals surface area (Å²) in [5.74, 6) is 2.05. The number of terminal acetylenes is 1. The molecule has 8 nitrogen and oxygen atoms in total. The minimum Gasteiger partial charge on any atom is -0.460 e. The van der Waals surface area contributed by atoms with Crippen LogP contribution in [0.2, 0.25) is 0 Å². The maximum Gasteiger partial charge on any atom is 0.410 e. The van der Waals surface area contributed by atoms with Crippen LogP contribution in [0.1, 0.15) is 53.4 Å². The summed E-state index contributed by atoms with van der Waals surface area (Å²) in [5.41, 5.74) is -0.657. The number of amides is 2. The minimum atomic E-state index is -0.850. The van der Waals surface area contributed by atoms with Crippen LogP contribution in [0.15, 0.2) is 0 Å². The molecule has 2 unspecified atom stereocenters. The van der Waals surface area contributed by atoms with E-state index in [1.165, 1.54) is 7.11 Å². The highest BCUT2D eigenvalue weighted by Crippen LogP contribution is 2.41. The van der Waals surface area contributed by atoms with Crippen molar-refractivity contribution >= 4 is 18.2 Å². The van der Waals surface area contributed by atoms with Crippen molar-refractivity contribution in [2.45, 2.75) is 83.2 Å². The van der Waals surface area contributed by atoms with Crippen LogP contribution >= 0.6 is 0 Å². The molecule has 0 spiro atoms. The number of fused-ring (bicyclic) bond motifs is 1. The van der Waals surface area contributed by atoms with Gasteiger partial charge in [-0.15, -0.1) is 6.42 Å². The summed E-state index contributed by atoms with van der Waals surface area (Å²) in [6.07, 6.45) is 6.95. The van der Waals surface area contributed by atoms with Crippen molar-refractivity contribution in [2.24, 2.45) is 5.92 Å². The largest absolute Gasteiger partial charge is 0.460 e. The molecule has 1 heterocycles. The molecule has 0 aromatic heterocycles. The zero-order valence-corrected chi connectivity index (χ0v) is 17.2. The molecule has 0 bridgehead atoms. The molecule has 1 saturated carbocycles. The number of methoxy groups -OCH3 is 1. The molecule has 0 aromatic carbocycles. The van der Waals surface area contributed by atoms with Crippen molar-refractivity contribution < 1.29 is 28.6 Å². The first-order chi connectivity index (χ1) is 13.1. The van der Waals surface area contributed by atoms with Crippen molar-refractivity contribution in [1.82, 2.24) is 10.2 Å². The van der Waals surface area contributed by atoms with E-state index in [1.807, 2.05) is 0 Å². The van der Waals surface area contributed by atoms with Gasteiger partial charge in [0.2, 0.25) is 0 Å². The van der Waals surface area contributed by atoms with Crippen LogP contribution in [-0.2, 0) is 19.0 Å². The second kappa shape index (κ2) is 8.72. The Labute approximate surface area is 166 Å². The third-order valence-electron chi connectivity index (χ3n) is 5.08. The standard InChI is InChI=1S/C20H30N2O6/c1-7-13-11-14-15(22(13)19(25)26-6)9-8-10-16(14)27-17(23)12(2)21-18(24)28-20(3,4)5/h1,12-16H,8-11H2,2-6H3,(H,21,24)/t12?,13?,14-,15-,16+/m1/s1. The van der Waals surface area contributed by atoms with E-state index in [9.17, 15) is 14.4 Å². The molecular formula is C20H30N2O6. The SMILES string of the molecule is C#CC1C[C@H]2[C@@H](OC(=O)C(C)NC(=O)OC(C)(C)C)CCC[C@H]2N1C(=O)OC. The van der Waals surface area contributed by atoms with Gasteiger partial charge in [-0.05, 0) is 53.4 Å². The zero-order chi connectivity index (χ0) is 21.1. The molecule has 0 aromatic rings. The Bertz CT molecular complexity index is 650. The number of ether oxygens (including phenoxy) is 3. The van der Waals surface area contributed by atoms with Gasteiger partial charge in [0.1, 0.15) is 17.7 Å². The number of carbonyl (C=O) groups excluding carboxylic acids is 3. The topological polar surface area (TPSA) is 94.2 Å². The van der Waals surface area contributed by atoms with E-state index < -0.39 is 29.8 Å².